The van der Waals surface area contributed by atoms with Gasteiger partial charge >= 0.3 is 0 Å². The van der Waals surface area contributed by atoms with Crippen LogP contribution in [0.5, 0.6) is 0 Å². The van der Waals surface area contributed by atoms with Crippen molar-refractivity contribution in [2.75, 3.05) is 26.6 Å². The molecule has 19 heavy (non-hydrogen) atoms. The van der Waals surface area contributed by atoms with Crippen molar-refractivity contribution in [2.24, 2.45) is 0 Å². The van der Waals surface area contributed by atoms with E-state index in [1.807, 2.05) is 0 Å². The summed E-state index contributed by atoms with van der Waals surface area (Å²) in [4.78, 5) is 16.4. The summed E-state index contributed by atoms with van der Waals surface area (Å²) in [6.07, 6.45) is 1.02. The zero-order valence-electron chi connectivity index (χ0n) is 10.5. The Kier molecular flexibility index (Phi) is 5.74. The van der Waals surface area contributed by atoms with Gasteiger partial charge in [0.15, 0.2) is 9.84 Å². The molecule has 1 amide bonds. The maximum absolute atomic E-state index is 11.7. The second-order valence-corrected chi connectivity index (χ2v) is 6.08. The number of ether oxygens (including phenoxy) is 1. The summed E-state index contributed by atoms with van der Waals surface area (Å²) in [5.41, 5.74) is 2.32. The van der Waals surface area contributed by atoms with Crippen molar-refractivity contribution in [3.8, 4) is 0 Å². The molecule has 0 saturated heterocycles. The van der Waals surface area contributed by atoms with E-state index in [4.69, 9.17) is 21.2 Å². The van der Waals surface area contributed by atoms with E-state index in [9.17, 15) is 13.2 Å². The van der Waals surface area contributed by atoms with Crippen molar-refractivity contribution in [3.05, 3.63) is 28.8 Å². The van der Waals surface area contributed by atoms with E-state index in [-0.39, 0.29) is 22.1 Å². The predicted molar refractivity (Wildman–Crippen MR) is 69.9 cm³/mol. The molecule has 1 N–H and O–H groups in total. The fraction of sp³-hybridized carbons (Fsp3) is 0.364. The molecule has 0 aliphatic heterocycles. The third-order valence-electron chi connectivity index (χ3n) is 2.15. The van der Waals surface area contributed by atoms with Crippen LogP contribution >= 0.6 is 11.6 Å². The van der Waals surface area contributed by atoms with Crippen molar-refractivity contribution in [2.45, 2.75) is 4.90 Å². The molecule has 0 bridgehead atoms. The Morgan fingerprint density at radius 1 is 1.37 bits per heavy atom. The highest BCUT2D eigenvalue weighted by atomic mass is 35.5. The first-order valence-corrected chi connectivity index (χ1v) is 7.54. The highest BCUT2D eigenvalue weighted by molar-refractivity contribution is 7.90. The van der Waals surface area contributed by atoms with Crippen molar-refractivity contribution in [1.82, 2.24) is 5.48 Å². The lowest BCUT2D eigenvalue weighted by Gasteiger charge is -2.07. The van der Waals surface area contributed by atoms with Gasteiger partial charge in [-0.2, -0.15) is 0 Å². The largest absolute Gasteiger partial charge is 0.382 e. The lowest BCUT2D eigenvalue weighted by molar-refractivity contribution is 0.00887. The molecule has 0 aliphatic carbocycles. The van der Waals surface area contributed by atoms with Crippen molar-refractivity contribution in [1.29, 1.82) is 0 Å². The lowest BCUT2D eigenvalue weighted by atomic mass is 10.2. The maximum Gasteiger partial charge on any atom is 0.274 e. The molecule has 6 nitrogen and oxygen atoms in total. The first-order valence-electron chi connectivity index (χ1n) is 5.27. The average molecular weight is 308 g/mol. The van der Waals surface area contributed by atoms with E-state index in [1.165, 1.54) is 25.3 Å². The van der Waals surface area contributed by atoms with Crippen LogP contribution in [0.15, 0.2) is 23.1 Å². The highest BCUT2D eigenvalue weighted by Crippen LogP contribution is 2.22. The zero-order valence-corrected chi connectivity index (χ0v) is 12.0. The second-order valence-electron chi connectivity index (χ2n) is 3.69. The summed E-state index contributed by atoms with van der Waals surface area (Å²) in [7, 11) is -1.99. The van der Waals surface area contributed by atoms with Crippen LogP contribution in [0.25, 0.3) is 0 Å². The Labute approximate surface area is 116 Å². The van der Waals surface area contributed by atoms with E-state index in [2.05, 4.69) is 5.48 Å². The van der Waals surface area contributed by atoms with Gasteiger partial charge in [-0.25, -0.2) is 13.9 Å². The van der Waals surface area contributed by atoms with Gasteiger partial charge in [-0.1, -0.05) is 11.6 Å². The number of rotatable bonds is 6. The van der Waals surface area contributed by atoms with Gasteiger partial charge in [0.25, 0.3) is 5.91 Å². The van der Waals surface area contributed by atoms with Gasteiger partial charge in [0.05, 0.1) is 23.1 Å². The predicted octanol–water partition coefficient (Wildman–Crippen LogP) is 1.05. The third-order valence-corrected chi connectivity index (χ3v) is 3.73. The molecule has 1 aromatic rings. The van der Waals surface area contributed by atoms with Crippen LogP contribution in [-0.2, 0) is 19.4 Å². The molecule has 1 rings (SSSR count). The SMILES string of the molecule is COCCONC(=O)c1ccc(Cl)c(S(C)(=O)=O)c1. The van der Waals surface area contributed by atoms with Crippen molar-refractivity contribution in [3.63, 3.8) is 0 Å². The monoisotopic (exact) mass is 307 g/mol. The highest BCUT2D eigenvalue weighted by Gasteiger charge is 2.15. The van der Waals surface area contributed by atoms with Gasteiger partial charge in [0.1, 0.15) is 0 Å². The van der Waals surface area contributed by atoms with Crippen LogP contribution in [0.4, 0.5) is 0 Å². The Balaban J connectivity index is 2.82. The molecule has 0 aliphatic rings. The Morgan fingerprint density at radius 3 is 2.63 bits per heavy atom. The summed E-state index contributed by atoms with van der Waals surface area (Å²) >= 11 is 5.77. The number of hydrogen-bond donors (Lipinski definition) is 1. The number of methoxy groups -OCH3 is 1. The number of hydrogen-bond acceptors (Lipinski definition) is 5. The molecule has 8 heteroatoms. The number of sulfone groups is 1. The van der Waals surface area contributed by atoms with Gasteiger partial charge in [-0.15, -0.1) is 0 Å². The fourth-order valence-electron chi connectivity index (χ4n) is 1.23. The minimum atomic E-state index is -3.49. The van der Waals surface area contributed by atoms with Gasteiger partial charge in [-0.3, -0.25) is 9.63 Å². The van der Waals surface area contributed by atoms with Gasteiger partial charge in [-0.05, 0) is 18.2 Å². The quantitative estimate of drug-likeness (QED) is 0.627. The number of amides is 1. The minimum absolute atomic E-state index is 0.0688. The molecular formula is C11H14ClNO5S. The number of hydroxylamine groups is 1. The summed E-state index contributed by atoms with van der Waals surface area (Å²) in [6, 6.07) is 3.96. The van der Waals surface area contributed by atoms with Crippen LogP contribution in [0.2, 0.25) is 5.02 Å². The number of nitrogens with one attached hydrogen (secondary N) is 1. The van der Waals surface area contributed by atoms with Crippen LogP contribution in [0.3, 0.4) is 0 Å². The standard InChI is InChI=1S/C11H14ClNO5S/c1-17-5-6-18-13-11(14)8-3-4-9(12)10(7-8)19(2,15)16/h3-4,7H,5-6H2,1-2H3,(H,13,14). The number of benzene rings is 1. The molecule has 0 radical (unpaired) electrons. The van der Waals surface area contributed by atoms with Crippen LogP contribution in [0.1, 0.15) is 10.4 Å². The Bertz CT molecular complexity index is 558. The van der Waals surface area contributed by atoms with Gasteiger partial charge in [0, 0.05) is 18.9 Å². The maximum atomic E-state index is 11.7. The van der Waals surface area contributed by atoms with Crippen LogP contribution in [0, 0.1) is 0 Å². The van der Waals surface area contributed by atoms with Gasteiger partial charge in [0.2, 0.25) is 0 Å². The summed E-state index contributed by atoms with van der Waals surface area (Å²) in [5, 5.41) is 0.0688. The van der Waals surface area contributed by atoms with Crippen LogP contribution in [-0.4, -0.2) is 40.9 Å². The Morgan fingerprint density at radius 2 is 2.05 bits per heavy atom. The van der Waals surface area contributed by atoms with Crippen molar-refractivity contribution >= 4 is 27.3 Å². The second kappa shape index (κ2) is 6.85. The lowest BCUT2D eigenvalue weighted by Crippen LogP contribution is -2.25. The first-order chi connectivity index (χ1) is 8.86. The van der Waals surface area contributed by atoms with Gasteiger partial charge < -0.3 is 4.74 Å². The summed E-state index contributed by atoms with van der Waals surface area (Å²) in [6.45, 7) is 0.518. The van der Waals surface area contributed by atoms with E-state index < -0.39 is 15.7 Å². The van der Waals surface area contributed by atoms with E-state index in [0.29, 0.717) is 6.61 Å². The van der Waals surface area contributed by atoms with E-state index >= 15 is 0 Å². The van der Waals surface area contributed by atoms with Crippen molar-refractivity contribution < 1.29 is 22.8 Å². The van der Waals surface area contributed by atoms with Crippen LogP contribution < -0.4 is 5.48 Å². The number of carbonyl (C=O) groups excluding carboxylic acids is 1. The molecular weight excluding hydrogens is 294 g/mol. The summed E-state index contributed by atoms with van der Waals surface area (Å²) in [5.74, 6) is -0.558. The zero-order chi connectivity index (χ0) is 14.5. The molecule has 0 fully saturated rings. The fourth-order valence-corrected chi connectivity index (χ4v) is 2.53. The van der Waals surface area contributed by atoms with E-state index in [0.717, 1.165) is 6.26 Å². The molecule has 0 saturated carbocycles. The molecule has 0 aromatic heterocycles. The normalized spacial score (nSPS) is 11.3. The smallest absolute Gasteiger partial charge is 0.274 e. The topological polar surface area (TPSA) is 81.7 Å². The third kappa shape index (κ3) is 4.79. The molecule has 0 heterocycles. The molecule has 0 atom stereocenters. The first kappa shape index (κ1) is 15.9. The minimum Gasteiger partial charge on any atom is -0.382 e. The van der Waals surface area contributed by atoms with E-state index in [1.54, 1.807) is 0 Å². The average Bonchev–Trinajstić information content (AvgIpc) is 2.33. The molecule has 106 valence electrons. The summed E-state index contributed by atoms with van der Waals surface area (Å²) < 4.78 is 27.7. The Hall–Kier alpha value is -1.15. The molecule has 0 unspecified atom stereocenters. The number of carbonyl (C=O) groups is 1. The molecule has 1 aromatic carbocycles. The molecule has 0 spiro atoms. The number of halogens is 1.